The fourth-order valence-corrected chi connectivity index (χ4v) is 3.13. The fourth-order valence-electron chi connectivity index (χ4n) is 3.13. The van der Waals surface area contributed by atoms with Gasteiger partial charge in [0.15, 0.2) is 0 Å². The van der Waals surface area contributed by atoms with Crippen molar-refractivity contribution in [2.75, 3.05) is 13.2 Å². The van der Waals surface area contributed by atoms with Gasteiger partial charge >= 0.3 is 0 Å². The van der Waals surface area contributed by atoms with E-state index in [9.17, 15) is 14.9 Å². The van der Waals surface area contributed by atoms with E-state index < -0.39 is 17.3 Å². The fraction of sp³-hybridized carbons (Fsp3) is 0.174. The van der Waals surface area contributed by atoms with Gasteiger partial charge < -0.3 is 9.47 Å². The largest absolute Gasteiger partial charge is 0.491 e. The van der Waals surface area contributed by atoms with E-state index >= 15 is 0 Å². The van der Waals surface area contributed by atoms with Crippen LogP contribution >= 0.6 is 0 Å². The lowest BCUT2D eigenvalue weighted by atomic mass is 10.2. The summed E-state index contributed by atoms with van der Waals surface area (Å²) in [5.41, 5.74) is 0.996. The number of rotatable bonds is 6. The van der Waals surface area contributed by atoms with Crippen LogP contribution in [-0.2, 0) is 9.57 Å². The first-order chi connectivity index (χ1) is 15.1. The van der Waals surface area contributed by atoms with Gasteiger partial charge in [0.05, 0.1) is 11.5 Å². The van der Waals surface area contributed by atoms with Crippen LogP contribution in [0, 0.1) is 10.1 Å². The van der Waals surface area contributed by atoms with Crippen molar-refractivity contribution in [3.8, 4) is 5.75 Å². The maximum Gasteiger partial charge on any atom is 0.277 e. The van der Waals surface area contributed by atoms with Crippen LogP contribution in [-0.4, -0.2) is 35.1 Å². The summed E-state index contributed by atoms with van der Waals surface area (Å²) in [6.45, 7) is 0.374. The number of nitrogens with zero attached hydrogens (tertiary/aromatic N) is 2. The third-order valence-corrected chi connectivity index (χ3v) is 4.71. The molecule has 0 radical (unpaired) electrons. The average Bonchev–Trinajstić information content (AvgIpc) is 2.83. The summed E-state index contributed by atoms with van der Waals surface area (Å²) >= 11 is 0. The number of hydroxylamine groups is 2. The Morgan fingerprint density at radius 2 is 1.65 bits per heavy atom. The first-order valence-corrected chi connectivity index (χ1v) is 9.71. The molecule has 3 aromatic rings. The minimum absolute atomic E-state index is 0.0410. The van der Waals surface area contributed by atoms with Gasteiger partial charge in [-0.05, 0) is 36.4 Å². The molecule has 8 heteroatoms. The van der Waals surface area contributed by atoms with Crippen LogP contribution in [0.3, 0.4) is 0 Å². The molecule has 31 heavy (non-hydrogen) atoms. The van der Waals surface area contributed by atoms with E-state index in [0.29, 0.717) is 16.9 Å². The van der Waals surface area contributed by atoms with E-state index in [-0.39, 0.29) is 24.7 Å². The summed E-state index contributed by atoms with van der Waals surface area (Å²) < 4.78 is 11.8. The molecule has 8 nitrogen and oxygen atoms in total. The zero-order valence-corrected chi connectivity index (χ0v) is 16.5. The zero-order valence-electron chi connectivity index (χ0n) is 16.5. The molecule has 0 bridgehead atoms. The quantitative estimate of drug-likeness (QED) is 0.440. The zero-order chi connectivity index (χ0) is 21.6. The topological polar surface area (TPSA) is 91.1 Å². The Morgan fingerprint density at radius 1 is 1.00 bits per heavy atom. The Morgan fingerprint density at radius 3 is 2.29 bits per heavy atom. The lowest BCUT2D eigenvalue weighted by molar-refractivity contribution is -0.385. The number of benzene rings is 3. The third kappa shape index (κ3) is 5.06. The number of hydrogen-bond acceptors (Lipinski definition) is 6. The normalized spacial score (nSPS) is 18.4. The van der Waals surface area contributed by atoms with E-state index in [0.717, 1.165) is 0 Å². The first-order valence-electron chi connectivity index (χ1n) is 9.71. The molecule has 3 aromatic carbocycles. The number of hydrogen-bond donors (Lipinski definition) is 0. The Labute approximate surface area is 178 Å². The van der Waals surface area contributed by atoms with Gasteiger partial charge in [-0.2, -0.15) is 0 Å². The third-order valence-electron chi connectivity index (χ3n) is 4.71. The maximum atomic E-state index is 13.0. The van der Waals surface area contributed by atoms with E-state index in [1.165, 1.54) is 17.2 Å². The Bertz CT molecular complexity index is 1030. The molecular weight excluding hydrogens is 400 g/mol. The van der Waals surface area contributed by atoms with Gasteiger partial charge in [0.2, 0.25) is 6.29 Å². The molecule has 0 unspecified atom stereocenters. The molecule has 1 heterocycles. The second kappa shape index (κ2) is 9.38. The predicted octanol–water partition coefficient (Wildman–Crippen LogP) is 4.15. The molecule has 0 N–H and O–H groups in total. The summed E-state index contributed by atoms with van der Waals surface area (Å²) in [5.74, 6) is 0.380. The molecule has 1 fully saturated rings. The summed E-state index contributed by atoms with van der Waals surface area (Å²) in [7, 11) is 0. The minimum Gasteiger partial charge on any atom is -0.491 e. The maximum absolute atomic E-state index is 13.0. The summed E-state index contributed by atoms with van der Waals surface area (Å²) in [6.07, 6.45) is -1.38. The lowest BCUT2D eigenvalue weighted by Gasteiger charge is -2.37. The standard InChI is InChI=1S/C23H20N2O6/c26-22(17-7-3-1-4-8-17)24-15-21(16-29-20-9-5-2-6-10-20)30-23(31-24)18-11-13-19(14-12-18)25(27)28/h1-14,21,23H,15-16H2/t21-,23+/m1/s1. The van der Waals surface area contributed by atoms with Crippen molar-refractivity contribution >= 4 is 11.6 Å². The Kier molecular flexibility index (Phi) is 6.21. The highest BCUT2D eigenvalue weighted by Crippen LogP contribution is 2.29. The van der Waals surface area contributed by atoms with E-state index in [1.807, 2.05) is 36.4 Å². The number of nitro benzene ring substituents is 1. The molecule has 1 amide bonds. The van der Waals surface area contributed by atoms with Crippen LogP contribution in [0.15, 0.2) is 84.9 Å². The second-order valence-corrected chi connectivity index (χ2v) is 6.90. The number of non-ortho nitro benzene ring substituents is 1. The van der Waals surface area contributed by atoms with Gasteiger partial charge in [-0.15, -0.1) is 0 Å². The van der Waals surface area contributed by atoms with Gasteiger partial charge in [0.1, 0.15) is 18.5 Å². The number of carbonyl (C=O) groups is 1. The predicted molar refractivity (Wildman–Crippen MR) is 111 cm³/mol. The van der Waals surface area contributed by atoms with Crippen LogP contribution in [0.25, 0.3) is 0 Å². The number of carbonyl (C=O) groups excluding carboxylic acids is 1. The van der Waals surface area contributed by atoms with Crippen molar-refractivity contribution in [3.63, 3.8) is 0 Å². The summed E-state index contributed by atoms with van der Waals surface area (Å²) in [5, 5.41) is 12.2. The van der Waals surface area contributed by atoms with Crippen LogP contribution in [0.1, 0.15) is 22.2 Å². The molecule has 2 atom stereocenters. The van der Waals surface area contributed by atoms with Crippen molar-refractivity contribution in [1.82, 2.24) is 5.06 Å². The van der Waals surface area contributed by atoms with Gasteiger partial charge in [-0.25, -0.2) is 9.90 Å². The molecule has 0 saturated carbocycles. The van der Waals surface area contributed by atoms with Crippen molar-refractivity contribution in [3.05, 3.63) is 106 Å². The lowest BCUT2D eigenvalue weighted by Crippen LogP contribution is -2.47. The summed E-state index contributed by atoms with van der Waals surface area (Å²) in [6, 6.07) is 23.9. The van der Waals surface area contributed by atoms with Crippen molar-refractivity contribution < 1.29 is 24.0 Å². The summed E-state index contributed by atoms with van der Waals surface area (Å²) in [4.78, 5) is 29.2. The van der Waals surface area contributed by atoms with Crippen LogP contribution in [0.2, 0.25) is 0 Å². The molecule has 1 saturated heterocycles. The molecule has 0 aromatic heterocycles. The molecule has 1 aliphatic rings. The minimum atomic E-state index is -0.911. The van der Waals surface area contributed by atoms with Gasteiger partial charge in [-0.3, -0.25) is 14.9 Å². The Hall–Kier alpha value is -3.75. The highest BCUT2D eigenvalue weighted by atomic mass is 16.8. The van der Waals surface area contributed by atoms with Crippen LogP contribution in [0.5, 0.6) is 5.75 Å². The molecular formula is C23H20N2O6. The molecule has 158 valence electrons. The second-order valence-electron chi connectivity index (χ2n) is 6.90. The SMILES string of the molecule is O=C(c1ccccc1)N1C[C@H](COc2ccccc2)O[C@H](c2ccc([N+](=O)[O-])cc2)O1. The Balaban J connectivity index is 1.53. The average molecular weight is 420 g/mol. The van der Waals surface area contributed by atoms with Crippen molar-refractivity contribution in [2.24, 2.45) is 0 Å². The highest BCUT2D eigenvalue weighted by molar-refractivity contribution is 5.93. The smallest absolute Gasteiger partial charge is 0.277 e. The van der Waals surface area contributed by atoms with Crippen molar-refractivity contribution in [1.29, 1.82) is 0 Å². The van der Waals surface area contributed by atoms with Crippen LogP contribution < -0.4 is 4.74 Å². The van der Waals surface area contributed by atoms with Gasteiger partial charge in [0.25, 0.3) is 11.6 Å². The molecule has 4 rings (SSSR count). The first kappa shape index (κ1) is 20.5. The molecule has 0 aliphatic carbocycles. The number of amides is 1. The van der Waals surface area contributed by atoms with Gasteiger partial charge in [0, 0.05) is 23.3 Å². The van der Waals surface area contributed by atoms with Gasteiger partial charge in [-0.1, -0.05) is 36.4 Å². The number of para-hydroxylation sites is 1. The van der Waals surface area contributed by atoms with E-state index in [4.69, 9.17) is 14.3 Å². The van der Waals surface area contributed by atoms with Crippen molar-refractivity contribution in [2.45, 2.75) is 12.4 Å². The monoisotopic (exact) mass is 420 g/mol. The number of ether oxygens (including phenoxy) is 2. The molecule has 0 spiro atoms. The molecule has 1 aliphatic heterocycles. The number of nitro groups is 1. The van der Waals surface area contributed by atoms with E-state index in [1.54, 1.807) is 36.4 Å². The van der Waals surface area contributed by atoms with E-state index in [2.05, 4.69) is 0 Å². The highest BCUT2D eigenvalue weighted by Gasteiger charge is 2.34. The van der Waals surface area contributed by atoms with Crippen LogP contribution in [0.4, 0.5) is 5.69 Å².